The summed E-state index contributed by atoms with van der Waals surface area (Å²) in [6.45, 7) is 1.83. The number of nitro benzene ring substituents is 2. The van der Waals surface area contributed by atoms with Crippen molar-refractivity contribution in [3.8, 4) is 0 Å². The van der Waals surface area contributed by atoms with Gasteiger partial charge < -0.3 is 5.11 Å². The summed E-state index contributed by atoms with van der Waals surface area (Å²) in [7, 11) is 0. The Balaban J connectivity index is 1.88. The van der Waals surface area contributed by atoms with E-state index in [9.17, 15) is 34.9 Å². The number of hydrogen-bond donors (Lipinski definition) is 2. The summed E-state index contributed by atoms with van der Waals surface area (Å²) in [6, 6.07) is 10.9. The molecule has 0 heterocycles. The van der Waals surface area contributed by atoms with Gasteiger partial charge in [-0.25, -0.2) is 5.43 Å². The van der Waals surface area contributed by atoms with Crippen LogP contribution in [0, 0.1) is 25.6 Å². The number of hydrogen-bond acceptors (Lipinski definition) is 7. The Morgan fingerprint density at radius 2 is 1.61 bits per heavy atom. The van der Waals surface area contributed by atoms with E-state index in [2.05, 4.69) is 10.5 Å². The van der Waals surface area contributed by atoms with E-state index in [-0.39, 0.29) is 24.2 Å². The second kappa shape index (κ2) is 9.39. The maximum atomic E-state index is 13.1. The first-order valence-corrected chi connectivity index (χ1v) is 9.86. The molecule has 0 aromatic heterocycles. The highest BCUT2D eigenvalue weighted by Gasteiger charge is 2.54. The Kier molecular flexibility index (Phi) is 6.61. The number of rotatable bonds is 7. The Bertz CT molecular complexity index is 1160. The quantitative estimate of drug-likeness (QED) is 0.213. The maximum absolute atomic E-state index is 13.1. The average molecular weight is 452 g/mol. The van der Waals surface area contributed by atoms with Gasteiger partial charge in [0.2, 0.25) is 0 Å². The lowest BCUT2D eigenvalue weighted by molar-refractivity contribution is -0.385. The molecule has 3 rings (SSSR count). The summed E-state index contributed by atoms with van der Waals surface area (Å²) in [5, 5.41) is 35.6. The van der Waals surface area contributed by atoms with Crippen LogP contribution in [-0.2, 0) is 9.59 Å². The Morgan fingerprint density at radius 3 is 2.12 bits per heavy atom. The zero-order valence-corrected chi connectivity index (χ0v) is 17.5. The van der Waals surface area contributed by atoms with Crippen molar-refractivity contribution in [1.29, 1.82) is 0 Å². The minimum Gasteiger partial charge on any atom is -0.480 e. The van der Waals surface area contributed by atoms with Crippen molar-refractivity contribution in [3.63, 3.8) is 0 Å². The molecule has 11 nitrogen and oxygen atoms in total. The van der Waals surface area contributed by atoms with Gasteiger partial charge in [0, 0.05) is 30.2 Å². The van der Waals surface area contributed by atoms with Crippen LogP contribution in [-0.4, -0.2) is 33.0 Å². The number of aliphatic carboxylic acids is 1. The molecule has 2 unspecified atom stereocenters. The average Bonchev–Trinajstić information content (AvgIpc) is 2.79. The SMILES string of the molecule is CC1=CCC(C(=O)O)(C(=O)NN=Cc2ccc([N+](=O)[O-])cc2)C(c2ccc([N+](=O)[O-])cc2)C1. The molecule has 2 aromatic carbocycles. The monoisotopic (exact) mass is 452 g/mol. The fourth-order valence-corrected chi connectivity index (χ4v) is 3.82. The number of carboxylic acid groups (broad SMARTS) is 1. The van der Waals surface area contributed by atoms with Crippen molar-refractivity contribution < 1.29 is 24.5 Å². The molecule has 170 valence electrons. The summed E-state index contributed by atoms with van der Waals surface area (Å²) in [5.74, 6) is -2.94. The fourth-order valence-electron chi connectivity index (χ4n) is 3.82. The van der Waals surface area contributed by atoms with Gasteiger partial charge in [0.1, 0.15) is 0 Å². The minimum atomic E-state index is -1.87. The summed E-state index contributed by atoms with van der Waals surface area (Å²) in [4.78, 5) is 46.1. The molecular formula is C22H20N4O7. The molecule has 2 N–H and O–H groups in total. The van der Waals surface area contributed by atoms with Gasteiger partial charge in [-0.2, -0.15) is 5.10 Å². The van der Waals surface area contributed by atoms with Gasteiger partial charge in [0.25, 0.3) is 17.3 Å². The normalized spacial score (nSPS) is 20.2. The largest absolute Gasteiger partial charge is 0.480 e. The van der Waals surface area contributed by atoms with E-state index >= 15 is 0 Å². The number of carboxylic acids is 1. The number of nitrogens with one attached hydrogen (secondary N) is 1. The molecule has 0 radical (unpaired) electrons. The van der Waals surface area contributed by atoms with Crippen molar-refractivity contribution >= 4 is 29.5 Å². The second-order valence-corrected chi connectivity index (χ2v) is 7.68. The van der Waals surface area contributed by atoms with Crippen molar-refractivity contribution in [2.75, 3.05) is 0 Å². The number of non-ortho nitro benzene ring substituents is 2. The lowest BCUT2D eigenvalue weighted by Gasteiger charge is -2.38. The Labute approximate surface area is 187 Å². The molecule has 1 amide bonds. The van der Waals surface area contributed by atoms with Crippen molar-refractivity contribution in [1.82, 2.24) is 5.43 Å². The topological polar surface area (TPSA) is 165 Å². The lowest BCUT2D eigenvalue weighted by atomic mass is 9.64. The van der Waals surface area contributed by atoms with E-state index in [1.165, 1.54) is 54.7 Å². The molecule has 1 aliphatic carbocycles. The Morgan fingerprint density at radius 1 is 1.06 bits per heavy atom. The van der Waals surface area contributed by atoms with Crippen LogP contribution >= 0.6 is 0 Å². The highest BCUT2D eigenvalue weighted by Crippen LogP contribution is 2.47. The number of carbonyl (C=O) groups excluding carboxylic acids is 1. The molecule has 0 spiro atoms. The number of allylic oxidation sites excluding steroid dienone is 2. The van der Waals surface area contributed by atoms with Crippen molar-refractivity contribution in [2.24, 2.45) is 10.5 Å². The molecule has 0 aliphatic heterocycles. The number of benzene rings is 2. The zero-order chi connectivity index (χ0) is 24.2. The van der Waals surface area contributed by atoms with Crippen LogP contribution in [0.5, 0.6) is 0 Å². The number of nitro groups is 2. The lowest BCUT2D eigenvalue weighted by Crippen LogP contribution is -2.50. The third-order valence-corrected chi connectivity index (χ3v) is 5.67. The molecular weight excluding hydrogens is 432 g/mol. The predicted molar refractivity (Wildman–Crippen MR) is 118 cm³/mol. The smallest absolute Gasteiger partial charge is 0.320 e. The van der Waals surface area contributed by atoms with Crippen molar-refractivity contribution in [2.45, 2.75) is 25.7 Å². The number of carbonyl (C=O) groups is 2. The van der Waals surface area contributed by atoms with Crippen LogP contribution in [0.2, 0.25) is 0 Å². The van der Waals surface area contributed by atoms with E-state index in [0.29, 0.717) is 11.1 Å². The molecule has 2 atom stereocenters. The van der Waals surface area contributed by atoms with Gasteiger partial charge >= 0.3 is 5.97 Å². The van der Waals surface area contributed by atoms with Crippen LogP contribution < -0.4 is 5.43 Å². The molecule has 0 saturated carbocycles. The predicted octanol–water partition coefficient (Wildman–Crippen LogP) is 3.55. The van der Waals surface area contributed by atoms with Crippen LogP contribution in [0.15, 0.2) is 65.3 Å². The van der Waals surface area contributed by atoms with E-state index in [0.717, 1.165) is 5.57 Å². The van der Waals surface area contributed by atoms with Gasteiger partial charge in [-0.15, -0.1) is 0 Å². The standard InChI is InChI=1S/C22H20N4O7/c1-14-10-11-22(21(28)29,19(12-14)16-4-8-18(9-5-16)26(32)33)20(27)24-23-13-15-2-6-17(7-3-15)25(30)31/h2-10,13,19H,11-12H2,1H3,(H,24,27)(H,28,29). The number of nitrogens with zero attached hydrogens (tertiary/aromatic N) is 3. The van der Waals surface area contributed by atoms with E-state index in [1.807, 2.05) is 6.92 Å². The highest BCUT2D eigenvalue weighted by molar-refractivity contribution is 6.03. The molecule has 2 aromatic rings. The van der Waals surface area contributed by atoms with E-state index in [4.69, 9.17) is 0 Å². The van der Waals surface area contributed by atoms with Crippen LogP contribution in [0.1, 0.15) is 36.8 Å². The molecule has 0 saturated heterocycles. The summed E-state index contributed by atoms with van der Waals surface area (Å²) < 4.78 is 0. The first-order chi connectivity index (χ1) is 15.6. The molecule has 0 fully saturated rings. The van der Waals surface area contributed by atoms with Gasteiger partial charge in [0.05, 0.1) is 16.1 Å². The molecule has 0 bridgehead atoms. The maximum Gasteiger partial charge on any atom is 0.320 e. The summed E-state index contributed by atoms with van der Waals surface area (Å²) in [6.07, 6.45) is 3.15. The van der Waals surface area contributed by atoms with Gasteiger partial charge in [-0.1, -0.05) is 23.8 Å². The van der Waals surface area contributed by atoms with Gasteiger partial charge in [-0.05, 0) is 43.0 Å². The highest BCUT2D eigenvalue weighted by atomic mass is 16.6. The van der Waals surface area contributed by atoms with Crippen LogP contribution in [0.25, 0.3) is 0 Å². The minimum absolute atomic E-state index is 0.0747. The third kappa shape index (κ3) is 4.76. The molecule has 11 heteroatoms. The first-order valence-electron chi connectivity index (χ1n) is 9.86. The summed E-state index contributed by atoms with van der Waals surface area (Å²) >= 11 is 0. The van der Waals surface area contributed by atoms with Crippen LogP contribution in [0.3, 0.4) is 0 Å². The third-order valence-electron chi connectivity index (χ3n) is 5.67. The van der Waals surface area contributed by atoms with Gasteiger partial charge in [0.15, 0.2) is 5.41 Å². The van der Waals surface area contributed by atoms with Crippen LogP contribution in [0.4, 0.5) is 11.4 Å². The Hall–Kier alpha value is -4.41. The number of hydrazone groups is 1. The van der Waals surface area contributed by atoms with Crippen molar-refractivity contribution in [3.05, 3.63) is 91.5 Å². The molecule has 33 heavy (non-hydrogen) atoms. The number of amides is 1. The summed E-state index contributed by atoms with van der Waals surface area (Å²) in [5.41, 5.74) is 2.03. The fraction of sp³-hybridized carbons (Fsp3) is 0.227. The zero-order valence-electron chi connectivity index (χ0n) is 17.5. The van der Waals surface area contributed by atoms with Gasteiger partial charge in [-0.3, -0.25) is 29.8 Å². The van der Waals surface area contributed by atoms with E-state index < -0.39 is 33.1 Å². The van der Waals surface area contributed by atoms with E-state index in [1.54, 1.807) is 6.08 Å². The molecule has 1 aliphatic rings. The first kappa shape index (κ1) is 23.3. The second-order valence-electron chi connectivity index (χ2n) is 7.68.